The molecule has 0 aliphatic rings. The molecular weight excluding hydrogens is 460 g/mol. The summed E-state index contributed by atoms with van der Waals surface area (Å²) in [6, 6.07) is 24.3. The van der Waals surface area contributed by atoms with E-state index in [2.05, 4.69) is 38.2 Å². The standard InChI is InChI=1S/C28H34N2O4S/c1-21(23-11-13-24(14-12-23)28(2,3)4)29-27(31)19-30(35(5,32)33)25-15-17-26(18-16-25)34-20-22-9-7-6-8-10-22/h6-18,21H,19-20H2,1-5H3,(H,29,31). The zero-order valence-corrected chi connectivity index (χ0v) is 21.8. The lowest BCUT2D eigenvalue weighted by molar-refractivity contribution is -0.120. The lowest BCUT2D eigenvalue weighted by Gasteiger charge is -2.24. The number of anilines is 1. The molecule has 0 heterocycles. The third-order valence-electron chi connectivity index (χ3n) is 5.71. The van der Waals surface area contributed by atoms with Crippen molar-refractivity contribution in [3.8, 4) is 5.75 Å². The number of nitrogens with zero attached hydrogens (tertiary/aromatic N) is 1. The van der Waals surface area contributed by atoms with Gasteiger partial charge in [0.05, 0.1) is 18.0 Å². The van der Waals surface area contributed by atoms with Gasteiger partial charge in [0.25, 0.3) is 0 Å². The van der Waals surface area contributed by atoms with Gasteiger partial charge in [-0.05, 0) is 53.3 Å². The van der Waals surface area contributed by atoms with E-state index < -0.39 is 10.0 Å². The Morgan fingerprint density at radius 1 is 0.943 bits per heavy atom. The van der Waals surface area contributed by atoms with Gasteiger partial charge in [0.15, 0.2) is 0 Å². The quantitative estimate of drug-likeness (QED) is 0.443. The van der Waals surface area contributed by atoms with Crippen molar-refractivity contribution in [1.29, 1.82) is 0 Å². The number of carbonyl (C=O) groups excluding carboxylic acids is 1. The number of hydrogen-bond acceptors (Lipinski definition) is 4. The lowest BCUT2D eigenvalue weighted by Crippen LogP contribution is -2.41. The Morgan fingerprint density at radius 2 is 1.54 bits per heavy atom. The van der Waals surface area contributed by atoms with Crippen LogP contribution in [0.2, 0.25) is 0 Å². The fraction of sp³-hybridized carbons (Fsp3) is 0.321. The normalized spacial score (nSPS) is 12.6. The van der Waals surface area contributed by atoms with E-state index in [0.717, 1.165) is 21.7 Å². The highest BCUT2D eigenvalue weighted by atomic mass is 32.2. The fourth-order valence-corrected chi connectivity index (χ4v) is 4.48. The Morgan fingerprint density at radius 3 is 2.09 bits per heavy atom. The molecule has 186 valence electrons. The average molecular weight is 495 g/mol. The Balaban J connectivity index is 1.64. The van der Waals surface area contributed by atoms with Gasteiger partial charge in [-0.2, -0.15) is 0 Å². The van der Waals surface area contributed by atoms with E-state index in [1.54, 1.807) is 24.3 Å². The van der Waals surface area contributed by atoms with Crippen LogP contribution < -0.4 is 14.4 Å². The molecule has 1 amide bonds. The van der Waals surface area contributed by atoms with Crippen molar-refractivity contribution in [1.82, 2.24) is 5.32 Å². The minimum absolute atomic E-state index is 0.0448. The molecule has 3 aromatic rings. The molecular formula is C28H34N2O4S. The molecule has 1 N–H and O–H groups in total. The Bertz CT molecular complexity index is 1220. The fourth-order valence-electron chi connectivity index (χ4n) is 3.62. The molecule has 0 radical (unpaired) electrons. The van der Waals surface area contributed by atoms with E-state index in [1.165, 1.54) is 5.56 Å². The molecule has 0 aliphatic carbocycles. The molecule has 0 saturated carbocycles. The van der Waals surface area contributed by atoms with Crippen molar-refractivity contribution in [2.45, 2.75) is 45.8 Å². The molecule has 3 aromatic carbocycles. The minimum Gasteiger partial charge on any atom is -0.489 e. The van der Waals surface area contributed by atoms with E-state index in [9.17, 15) is 13.2 Å². The first kappa shape index (κ1) is 26.3. The smallest absolute Gasteiger partial charge is 0.241 e. The van der Waals surface area contributed by atoms with Crippen LogP contribution in [0.4, 0.5) is 5.69 Å². The summed E-state index contributed by atoms with van der Waals surface area (Å²) < 4.78 is 31.8. The van der Waals surface area contributed by atoms with Gasteiger partial charge in [0.1, 0.15) is 18.9 Å². The van der Waals surface area contributed by atoms with Gasteiger partial charge in [0.2, 0.25) is 15.9 Å². The monoisotopic (exact) mass is 494 g/mol. The molecule has 1 atom stereocenters. The van der Waals surface area contributed by atoms with Crippen LogP contribution in [0.25, 0.3) is 0 Å². The molecule has 0 aromatic heterocycles. The number of hydrogen-bond donors (Lipinski definition) is 1. The van der Waals surface area contributed by atoms with Crippen molar-refractivity contribution < 1.29 is 17.9 Å². The summed E-state index contributed by atoms with van der Waals surface area (Å²) in [5.41, 5.74) is 3.64. The Kier molecular flexibility index (Phi) is 8.22. The zero-order valence-electron chi connectivity index (χ0n) is 21.0. The average Bonchev–Trinajstić information content (AvgIpc) is 2.81. The summed E-state index contributed by atoms with van der Waals surface area (Å²) in [6.45, 7) is 8.42. The maximum absolute atomic E-state index is 12.8. The molecule has 35 heavy (non-hydrogen) atoms. The van der Waals surface area contributed by atoms with Crippen LogP contribution in [0.15, 0.2) is 78.9 Å². The second-order valence-corrected chi connectivity index (χ2v) is 11.6. The maximum atomic E-state index is 12.8. The molecule has 0 fully saturated rings. The topological polar surface area (TPSA) is 75.7 Å². The third-order valence-corrected chi connectivity index (χ3v) is 6.86. The summed E-state index contributed by atoms with van der Waals surface area (Å²) in [6.07, 6.45) is 1.09. The van der Waals surface area contributed by atoms with Gasteiger partial charge in [-0.1, -0.05) is 75.4 Å². The molecule has 7 heteroatoms. The maximum Gasteiger partial charge on any atom is 0.241 e. The van der Waals surface area contributed by atoms with Gasteiger partial charge >= 0.3 is 0 Å². The van der Waals surface area contributed by atoms with E-state index >= 15 is 0 Å². The minimum atomic E-state index is -3.67. The van der Waals surface area contributed by atoms with E-state index in [-0.39, 0.29) is 23.9 Å². The molecule has 0 spiro atoms. The molecule has 6 nitrogen and oxygen atoms in total. The number of benzene rings is 3. The molecule has 1 unspecified atom stereocenters. The highest BCUT2D eigenvalue weighted by Gasteiger charge is 2.22. The molecule has 3 rings (SSSR count). The van der Waals surface area contributed by atoms with Gasteiger partial charge in [0, 0.05) is 0 Å². The third kappa shape index (κ3) is 7.59. The van der Waals surface area contributed by atoms with Crippen LogP contribution in [-0.2, 0) is 26.8 Å². The van der Waals surface area contributed by atoms with Crippen LogP contribution in [0.5, 0.6) is 5.75 Å². The highest BCUT2D eigenvalue weighted by molar-refractivity contribution is 7.92. The zero-order chi connectivity index (χ0) is 25.6. The largest absolute Gasteiger partial charge is 0.489 e. The van der Waals surface area contributed by atoms with Crippen molar-refractivity contribution in [3.63, 3.8) is 0 Å². The summed E-state index contributed by atoms with van der Waals surface area (Å²) in [5, 5.41) is 2.91. The van der Waals surface area contributed by atoms with E-state index in [1.807, 2.05) is 49.4 Å². The number of ether oxygens (including phenoxy) is 1. The van der Waals surface area contributed by atoms with Crippen molar-refractivity contribution in [3.05, 3.63) is 95.6 Å². The van der Waals surface area contributed by atoms with Crippen LogP contribution in [0.1, 0.15) is 50.4 Å². The van der Waals surface area contributed by atoms with Crippen molar-refractivity contribution >= 4 is 21.6 Å². The predicted octanol–water partition coefficient (Wildman–Crippen LogP) is 5.21. The number of sulfonamides is 1. The van der Waals surface area contributed by atoms with Crippen molar-refractivity contribution in [2.24, 2.45) is 0 Å². The summed E-state index contributed by atoms with van der Waals surface area (Å²) >= 11 is 0. The predicted molar refractivity (Wildman–Crippen MR) is 141 cm³/mol. The number of carbonyl (C=O) groups is 1. The SMILES string of the molecule is CC(NC(=O)CN(c1ccc(OCc2ccccc2)cc1)S(C)(=O)=O)c1ccc(C(C)(C)C)cc1. The highest BCUT2D eigenvalue weighted by Crippen LogP contribution is 2.25. The summed E-state index contributed by atoms with van der Waals surface area (Å²) in [7, 11) is -3.67. The first-order chi connectivity index (χ1) is 16.4. The van der Waals surface area contributed by atoms with Gasteiger partial charge in [-0.25, -0.2) is 8.42 Å². The Hall–Kier alpha value is -3.32. The number of nitrogens with one attached hydrogen (secondary N) is 1. The van der Waals surface area contributed by atoms with Gasteiger partial charge < -0.3 is 10.1 Å². The Labute approximate surface area is 209 Å². The van der Waals surface area contributed by atoms with Crippen LogP contribution >= 0.6 is 0 Å². The molecule has 0 bridgehead atoms. The summed E-state index contributed by atoms with van der Waals surface area (Å²) in [5.74, 6) is 0.232. The second-order valence-electron chi connectivity index (χ2n) is 9.70. The van der Waals surface area contributed by atoms with Crippen LogP contribution in [0, 0.1) is 0 Å². The molecule has 0 saturated heterocycles. The van der Waals surface area contributed by atoms with Gasteiger partial charge in [-0.3, -0.25) is 9.10 Å². The van der Waals surface area contributed by atoms with E-state index in [0.29, 0.717) is 18.0 Å². The first-order valence-corrected chi connectivity index (χ1v) is 13.4. The first-order valence-electron chi connectivity index (χ1n) is 11.6. The van der Waals surface area contributed by atoms with Gasteiger partial charge in [-0.15, -0.1) is 0 Å². The second kappa shape index (κ2) is 11.0. The molecule has 0 aliphatic heterocycles. The summed E-state index contributed by atoms with van der Waals surface area (Å²) in [4.78, 5) is 12.8. The lowest BCUT2D eigenvalue weighted by atomic mass is 9.86. The van der Waals surface area contributed by atoms with Crippen LogP contribution in [0.3, 0.4) is 0 Å². The number of rotatable bonds is 9. The number of amides is 1. The van der Waals surface area contributed by atoms with Crippen molar-refractivity contribution in [2.75, 3.05) is 17.1 Å². The van der Waals surface area contributed by atoms with Crippen LogP contribution in [-0.4, -0.2) is 27.1 Å². The van der Waals surface area contributed by atoms with E-state index in [4.69, 9.17) is 4.74 Å².